The molecule has 1 spiro atoms. The molecule has 0 bridgehead atoms. The van der Waals surface area contributed by atoms with Crippen LogP contribution >= 0.6 is 0 Å². The molecule has 4 amide bonds. The maximum atomic E-state index is 13.3. The highest BCUT2D eigenvalue weighted by Crippen LogP contribution is 2.46. The standard InChI is InChI=1S/C25H33N5O3/c1-16-11-24(4,5)15-25(12-16)22(32)29(23(33)27-25)14-21(31)26-13-20-17(2)28-30(18(20)3)19-9-7-6-8-10-19/h6-10,16H,11-15H2,1-5H3,(H,26,31)(H,27,33)/t16-,25-/m1/s1. The quantitative estimate of drug-likeness (QED) is 0.682. The van der Waals surface area contributed by atoms with E-state index < -0.39 is 11.6 Å². The van der Waals surface area contributed by atoms with E-state index in [1.807, 2.05) is 48.9 Å². The van der Waals surface area contributed by atoms with Crippen LogP contribution in [0.4, 0.5) is 4.79 Å². The number of hydrogen-bond acceptors (Lipinski definition) is 4. The summed E-state index contributed by atoms with van der Waals surface area (Å²) in [5, 5.41) is 10.4. The minimum atomic E-state index is -0.900. The minimum Gasteiger partial charge on any atom is -0.350 e. The molecule has 2 fully saturated rings. The Morgan fingerprint density at radius 2 is 1.88 bits per heavy atom. The first-order valence-electron chi connectivity index (χ1n) is 11.5. The van der Waals surface area contributed by atoms with Gasteiger partial charge in [0.1, 0.15) is 12.1 Å². The predicted molar refractivity (Wildman–Crippen MR) is 125 cm³/mol. The summed E-state index contributed by atoms with van der Waals surface area (Å²) in [6.07, 6.45) is 2.20. The van der Waals surface area contributed by atoms with Gasteiger partial charge in [0.2, 0.25) is 5.91 Å². The molecule has 1 aliphatic carbocycles. The van der Waals surface area contributed by atoms with Gasteiger partial charge in [0, 0.05) is 17.8 Å². The fourth-order valence-electron chi connectivity index (χ4n) is 5.79. The SMILES string of the molecule is Cc1nn(-c2ccccc2)c(C)c1CNC(=O)CN1C(=O)N[C@@]2(C[C@H](C)CC(C)(C)C2)C1=O. The largest absolute Gasteiger partial charge is 0.350 e. The van der Waals surface area contributed by atoms with Crippen LogP contribution in [0.1, 0.15) is 57.0 Å². The lowest BCUT2D eigenvalue weighted by Crippen LogP contribution is -2.54. The highest BCUT2D eigenvalue weighted by molar-refractivity contribution is 6.09. The summed E-state index contributed by atoms with van der Waals surface area (Å²) < 4.78 is 1.85. The van der Waals surface area contributed by atoms with E-state index in [1.54, 1.807) is 0 Å². The van der Waals surface area contributed by atoms with Crippen LogP contribution in [-0.4, -0.2) is 44.6 Å². The van der Waals surface area contributed by atoms with Crippen LogP contribution in [0.25, 0.3) is 5.69 Å². The zero-order valence-corrected chi connectivity index (χ0v) is 20.1. The third-order valence-electron chi connectivity index (χ3n) is 6.83. The van der Waals surface area contributed by atoms with Gasteiger partial charge in [-0.05, 0) is 56.6 Å². The molecule has 176 valence electrons. The van der Waals surface area contributed by atoms with Gasteiger partial charge in [0.15, 0.2) is 0 Å². The van der Waals surface area contributed by atoms with Gasteiger partial charge in [-0.1, -0.05) is 39.0 Å². The number of aromatic nitrogens is 2. The minimum absolute atomic E-state index is 0.0488. The summed E-state index contributed by atoms with van der Waals surface area (Å²) in [6.45, 7) is 10.2. The van der Waals surface area contributed by atoms with Gasteiger partial charge in [-0.25, -0.2) is 9.48 Å². The van der Waals surface area contributed by atoms with Gasteiger partial charge >= 0.3 is 6.03 Å². The number of carbonyl (C=O) groups excluding carboxylic acids is 3. The number of aryl methyl sites for hydroxylation is 1. The second-order valence-electron chi connectivity index (χ2n) is 10.4. The lowest BCUT2D eigenvalue weighted by atomic mass is 9.64. The summed E-state index contributed by atoms with van der Waals surface area (Å²) in [7, 11) is 0. The molecule has 1 saturated heterocycles. The molecule has 8 nitrogen and oxygen atoms in total. The van der Waals surface area contributed by atoms with Crippen molar-refractivity contribution in [1.29, 1.82) is 0 Å². The van der Waals surface area contributed by atoms with E-state index in [0.29, 0.717) is 18.8 Å². The Labute approximate surface area is 194 Å². The molecule has 2 heterocycles. The van der Waals surface area contributed by atoms with E-state index in [-0.39, 0.29) is 30.3 Å². The highest BCUT2D eigenvalue weighted by Gasteiger charge is 2.56. The van der Waals surface area contributed by atoms with Crippen LogP contribution in [-0.2, 0) is 16.1 Å². The molecule has 2 N–H and O–H groups in total. The van der Waals surface area contributed by atoms with Crippen LogP contribution in [0.3, 0.4) is 0 Å². The Morgan fingerprint density at radius 1 is 1.18 bits per heavy atom. The molecule has 2 atom stereocenters. The highest BCUT2D eigenvalue weighted by atomic mass is 16.2. The number of amides is 4. The molecule has 4 rings (SSSR count). The van der Waals surface area contributed by atoms with Crippen molar-refractivity contribution < 1.29 is 14.4 Å². The van der Waals surface area contributed by atoms with Crippen molar-refractivity contribution in [3.05, 3.63) is 47.3 Å². The lowest BCUT2D eigenvalue weighted by molar-refractivity contribution is -0.137. The van der Waals surface area contributed by atoms with Crippen LogP contribution in [0.5, 0.6) is 0 Å². The maximum absolute atomic E-state index is 13.3. The second kappa shape index (κ2) is 8.32. The van der Waals surface area contributed by atoms with Crippen molar-refractivity contribution >= 4 is 17.8 Å². The van der Waals surface area contributed by atoms with Crippen LogP contribution in [0.2, 0.25) is 0 Å². The number of urea groups is 1. The topological polar surface area (TPSA) is 96.3 Å². The molecule has 1 saturated carbocycles. The molecule has 1 aromatic carbocycles. The molecule has 2 aromatic rings. The number of imide groups is 1. The average Bonchev–Trinajstić information content (AvgIpc) is 3.12. The van der Waals surface area contributed by atoms with Crippen LogP contribution in [0.15, 0.2) is 30.3 Å². The molecular formula is C25H33N5O3. The molecule has 1 aromatic heterocycles. The molecule has 0 unspecified atom stereocenters. The van der Waals surface area contributed by atoms with Gasteiger partial charge < -0.3 is 10.6 Å². The van der Waals surface area contributed by atoms with Crippen molar-refractivity contribution in [2.75, 3.05) is 6.54 Å². The molecule has 1 aliphatic heterocycles. The fourth-order valence-corrected chi connectivity index (χ4v) is 5.79. The van der Waals surface area contributed by atoms with Crippen LogP contribution < -0.4 is 10.6 Å². The van der Waals surface area contributed by atoms with Gasteiger partial charge in [0.25, 0.3) is 5.91 Å². The average molecular weight is 452 g/mol. The number of para-hydroxylation sites is 1. The third-order valence-corrected chi connectivity index (χ3v) is 6.83. The van der Waals surface area contributed by atoms with Gasteiger partial charge in [-0.15, -0.1) is 0 Å². The first-order valence-corrected chi connectivity index (χ1v) is 11.5. The molecule has 0 radical (unpaired) electrons. The Bertz CT molecular complexity index is 1090. The molecule has 33 heavy (non-hydrogen) atoms. The van der Waals surface area contributed by atoms with Gasteiger partial charge in [-0.3, -0.25) is 14.5 Å². The van der Waals surface area contributed by atoms with Gasteiger partial charge in [-0.2, -0.15) is 5.10 Å². The fraction of sp³-hybridized carbons (Fsp3) is 0.520. The normalized spacial score (nSPS) is 24.3. The van der Waals surface area contributed by atoms with E-state index in [9.17, 15) is 14.4 Å². The summed E-state index contributed by atoms with van der Waals surface area (Å²) in [5.41, 5.74) is 2.68. The lowest BCUT2D eigenvalue weighted by Gasteiger charge is -2.43. The summed E-state index contributed by atoms with van der Waals surface area (Å²) in [4.78, 5) is 39.7. The van der Waals surface area contributed by atoms with Crippen molar-refractivity contribution in [1.82, 2.24) is 25.3 Å². The molecular weight excluding hydrogens is 418 g/mol. The second-order valence-corrected chi connectivity index (χ2v) is 10.4. The van der Waals surface area contributed by atoms with Gasteiger partial charge in [0.05, 0.1) is 11.4 Å². The Balaban J connectivity index is 1.42. The first kappa shape index (κ1) is 23.0. The van der Waals surface area contributed by atoms with Crippen molar-refractivity contribution in [3.63, 3.8) is 0 Å². The molecule has 2 aliphatic rings. The van der Waals surface area contributed by atoms with E-state index in [2.05, 4.69) is 36.5 Å². The summed E-state index contributed by atoms with van der Waals surface area (Å²) >= 11 is 0. The van der Waals surface area contributed by atoms with E-state index in [0.717, 1.165) is 34.0 Å². The summed E-state index contributed by atoms with van der Waals surface area (Å²) in [6, 6.07) is 9.32. The van der Waals surface area contributed by atoms with Crippen molar-refractivity contribution in [2.45, 2.75) is 66.0 Å². The predicted octanol–water partition coefficient (Wildman–Crippen LogP) is 3.24. The summed E-state index contributed by atoms with van der Waals surface area (Å²) in [5.74, 6) is -0.338. The van der Waals surface area contributed by atoms with Crippen molar-refractivity contribution in [2.24, 2.45) is 11.3 Å². The van der Waals surface area contributed by atoms with Crippen molar-refractivity contribution in [3.8, 4) is 5.69 Å². The zero-order chi connectivity index (χ0) is 24.0. The Kier molecular flexibility index (Phi) is 5.80. The van der Waals surface area contributed by atoms with E-state index >= 15 is 0 Å². The van der Waals surface area contributed by atoms with E-state index in [4.69, 9.17) is 0 Å². The number of hydrogen-bond donors (Lipinski definition) is 2. The maximum Gasteiger partial charge on any atom is 0.325 e. The zero-order valence-electron chi connectivity index (χ0n) is 20.1. The number of carbonyl (C=O) groups is 3. The Hall–Kier alpha value is -3.16. The monoisotopic (exact) mass is 451 g/mol. The van der Waals surface area contributed by atoms with E-state index in [1.165, 1.54) is 0 Å². The van der Waals surface area contributed by atoms with Crippen LogP contribution in [0, 0.1) is 25.2 Å². The smallest absolute Gasteiger partial charge is 0.325 e. The molecule has 8 heteroatoms. The number of nitrogens with one attached hydrogen (secondary N) is 2. The Morgan fingerprint density at radius 3 is 2.55 bits per heavy atom. The first-order chi connectivity index (χ1) is 15.5. The number of benzene rings is 1. The number of rotatable bonds is 5. The number of nitrogens with zero attached hydrogens (tertiary/aromatic N) is 3. The third kappa shape index (κ3) is 4.38.